The van der Waals surface area contributed by atoms with Gasteiger partial charge in [0, 0.05) is 24.7 Å². The number of carbonyl (C=O) groups excluding carboxylic acids is 1. The lowest BCUT2D eigenvalue weighted by molar-refractivity contribution is 0.0719. The molecule has 4 heteroatoms. The van der Waals surface area contributed by atoms with Gasteiger partial charge in [0.05, 0.1) is 6.61 Å². The molecule has 2 unspecified atom stereocenters. The number of carbonyl (C=O) groups is 1. The zero-order valence-electron chi connectivity index (χ0n) is 19.6. The van der Waals surface area contributed by atoms with Crippen LogP contribution >= 0.6 is 0 Å². The topological polar surface area (TPSA) is 32.8 Å². The molecular formula is C28H36N2O2. The molecule has 2 aromatic carbocycles. The lowest BCUT2D eigenvalue weighted by Gasteiger charge is -2.33. The van der Waals surface area contributed by atoms with Crippen LogP contribution in [0.25, 0.3) is 0 Å². The van der Waals surface area contributed by atoms with Crippen LogP contribution in [0.4, 0.5) is 0 Å². The number of ether oxygens (including phenoxy) is 1. The van der Waals surface area contributed by atoms with Crippen LogP contribution in [0.1, 0.15) is 72.1 Å². The molecule has 0 radical (unpaired) electrons. The second-order valence-electron chi connectivity index (χ2n) is 9.91. The zero-order valence-corrected chi connectivity index (χ0v) is 19.6. The average Bonchev–Trinajstić information content (AvgIpc) is 3.55. The summed E-state index contributed by atoms with van der Waals surface area (Å²) in [6.07, 6.45) is 8.18. The number of likely N-dealkylation sites (N-methyl/N-ethyl adjacent to an activating group) is 1. The van der Waals surface area contributed by atoms with Gasteiger partial charge in [0.2, 0.25) is 0 Å². The quantitative estimate of drug-likeness (QED) is 0.598. The van der Waals surface area contributed by atoms with Crippen LogP contribution in [0, 0.1) is 5.92 Å². The van der Waals surface area contributed by atoms with Crippen molar-refractivity contribution in [3.05, 3.63) is 64.7 Å². The van der Waals surface area contributed by atoms with Crippen molar-refractivity contribution in [3.8, 4) is 5.75 Å². The van der Waals surface area contributed by atoms with Gasteiger partial charge >= 0.3 is 0 Å². The maximum atomic E-state index is 13.1. The largest absolute Gasteiger partial charge is 0.493 e. The van der Waals surface area contributed by atoms with Gasteiger partial charge in [0.15, 0.2) is 0 Å². The van der Waals surface area contributed by atoms with Crippen LogP contribution in [0.5, 0.6) is 5.75 Å². The van der Waals surface area contributed by atoms with Gasteiger partial charge in [-0.3, -0.25) is 9.69 Å². The average molecular weight is 433 g/mol. The SMILES string of the molecule is CCN1CCCC1c1ccc2c(c1)CCC(N(C)C(=O)c1ccc(OCC3CC3)cc1)C2. The number of nitrogens with zero attached hydrogens (tertiary/aromatic N) is 2. The Bertz CT molecular complexity index is 950. The minimum atomic E-state index is 0.105. The van der Waals surface area contributed by atoms with Crippen LogP contribution in [-0.2, 0) is 12.8 Å². The summed E-state index contributed by atoms with van der Waals surface area (Å²) in [6.45, 7) is 5.42. The van der Waals surface area contributed by atoms with Gasteiger partial charge in [-0.15, -0.1) is 0 Å². The summed E-state index contributed by atoms with van der Waals surface area (Å²) in [5.74, 6) is 1.70. The normalized spacial score (nSPS) is 23.1. The second-order valence-corrected chi connectivity index (χ2v) is 9.91. The van der Waals surface area contributed by atoms with E-state index in [0.29, 0.717) is 6.04 Å². The zero-order chi connectivity index (χ0) is 22.1. The van der Waals surface area contributed by atoms with Crippen molar-refractivity contribution in [2.75, 3.05) is 26.7 Å². The van der Waals surface area contributed by atoms with E-state index < -0.39 is 0 Å². The van der Waals surface area contributed by atoms with Gasteiger partial charge in [-0.05, 0) is 105 Å². The Labute approximate surface area is 192 Å². The van der Waals surface area contributed by atoms with E-state index in [9.17, 15) is 4.79 Å². The minimum Gasteiger partial charge on any atom is -0.493 e. The van der Waals surface area contributed by atoms with Crippen molar-refractivity contribution in [3.63, 3.8) is 0 Å². The molecule has 1 saturated carbocycles. The van der Waals surface area contributed by atoms with Crippen LogP contribution < -0.4 is 4.74 Å². The summed E-state index contributed by atoms with van der Waals surface area (Å²) >= 11 is 0. The molecule has 0 N–H and O–H groups in total. The summed E-state index contributed by atoms with van der Waals surface area (Å²) in [5, 5.41) is 0. The van der Waals surface area contributed by atoms with E-state index in [1.54, 1.807) is 0 Å². The van der Waals surface area contributed by atoms with Crippen molar-refractivity contribution in [2.45, 2.75) is 64.0 Å². The number of likely N-dealkylation sites (tertiary alicyclic amines) is 1. The summed E-state index contributed by atoms with van der Waals surface area (Å²) in [5.41, 5.74) is 5.12. The maximum Gasteiger partial charge on any atom is 0.253 e. The molecule has 1 amide bonds. The van der Waals surface area contributed by atoms with Crippen LogP contribution in [0.15, 0.2) is 42.5 Å². The van der Waals surface area contributed by atoms with Crippen molar-refractivity contribution >= 4 is 5.91 Å². The van der Waals surface area contributed by atoms with Crippen LogP contribution in [0.2, 0.25) is 0 Å². The van der Waals surface area contributed by atoms with Crippen molar-refractivity contribution < 1.29 is 9.53 Å². The molecular weight excluding hydrogens is 396 g/mol. The molecule has 3 aliphatic rings. The molecule has 0 spiro atoms. The predicted molar refractivity (Wildman–Crippen MR) is 128 cm³/mol. The monoisotopic (exact) mass is 432 g/mol. The number of hydrogen-bond donors (Lipinski definition) is 0. The lowest BCUT2D eigenvalue weighted by atomic mass is 9.85. The number of amides is 1. The van der Waals surface area contributed by atoms with E-state index in [1.165, 1.54) is 48.9 Å². The fourth-order valence-electron chi connectivity index (χ4n) is 5.44. The smallest absolute Gasteiger partial charge is 0.253 e. The van der Waals surface area contributed by atoms with E-state index in [1.807, 2.05) is 36.2 Å². The molecule has 1 aliphatic heterocycles. The Hall–Kier alpha value is -2.33. The summed E-state index contributed by atoms with van der Waals surface area (Å²) in [7, 11) is 1.96. The van der Waals surface area contributed by atoms with Crippen molar-refractivity contribution in [1.82, 2.24) is 9.80 Å². The van der Waals surface area contributed by atoms with Gasteiger partial charge < -0.3 is 9.64 Å². The number of benzene rings is 2. The Kier molecular flexibility index (Phi) is 6.23. The Morgan fingerprint density at radius 1 is 1.06 bits per heavy atom. The molecule has 2 atom stereocenters. The third kappa shape index (κ3) is 4.56. The number of hydrogen-bond acceptors (Lipinski definition) is 3. The molecule has 5 rings (SSSR count). The van der Waals surface area contributed by atoms with Gasteiger partial charge in [-0.2, -0.15) is 0 Å². The fraction of sp³-hybridized carbons (Fsp3) is 0.536. The fourth-order valence-corrected chi connectivity index (χ4v) is 5.44. The van der Waals surface area contributed by atoms with E-state index in [2.05, 4.69) is 30.0 Å². The highest BCUT2D eigenvalue weighted by Gasteiger charge is 2.29. The molecule has 2 aromatic rings. The number of rotatable bonds is 7. The van der Waals surface area contributed by atoms with E-state index >= 15 is 0 Å². The Morgan fingerprint density at radius 2 is 1.88 bits per heavy atom. The third-order valence-corrected chi connectivity index (χ3v) is 7.74. The molecule has 0 aromatic heterocycles. The van der Waals surface area contributed by atoms with Gasteiger partial charge in [-0.25, -0.2) is 0 Å². The standard InChI is InChI=1S/C28H36N2O2/c1-3-30-16-4-5-27(30)24-9-8-23-18-25(13-10-22(23)17-24)29(2)28(31)21-11-14-26(15-12-21)32-19-20-6-7-20/h8-9,11-12,14-15,17,20,25,27H,3-7,10,13,16,18-19H2,1-2H3. The molecule has 2 aliphatic carbocycles. The van der Waals surface area contributed by atoms with E-state index in [-0.39, 0.29) is 11.9 Å². The first-order valence-electron chi connectivity index (χ1n) is 12.5. The molecule has 32 heavy (non-hydrogen) atoms. The van der Waals surface area contributed by atoms with Gasteiger partial charge in [0.1, 0.15) is 5.75 Å². The molecule has 0 bridgehead atoms. The summed E-state index contributed by atoms with van der Waals surface area (Å²) in [6, 6.07) is 15.6. The maximum absolute atomic E-state index is 13.1. The highest BCUT2D eigenvalue weighted by Crippen LogP contribution is 2.34. The molecule has 4 nitrogen and oxygen atoms in total. The Balaban J connectivity index is 1.22. The van der Waals surface area contributed by atoms with Crippen LogP contribution in [0.3, 0.4) is 0 Å². The minimum absolute atomic E-state index is 0.105. The first-order valence-corrected chi connectivity index (χ1v) is 12.5. The first kappa shape index (κ1) is 21.5. The number of aryl methyl sites for hydroxylation is 1. The molecule has 1 saturated heterocycles. The third-order valence-electron chi connectivity index (χ3n) is 7.74. The number of fused-ring (bicyclic) bond motifs is 1. The molecule has 170 valence electrons. The van der Waals surface area contributed by atoms with Crippen molar-refractivity contribution in [1.29, 1.82) is 0 Å². The van der Waals surface area contributed by atoms with Crippen molar-refractivity contribution in [2.24, 2.45) is 5.92 Å². The van der Waals surface area contributed by atoms with Crippen LogP contribution in [-0.4, -0.2) is 48.5 Å². The summed E-state index contributed by atoms with van der Waals surface area (Å²) in [4.78, 5) is 17.7. The van der Waals surface area contributed by atoms with Gasteiger partial charge in [0.25, 0.3) is 5.91 Å². The summed E-state index contributed by atoms with van der Waals surface area (Å²) < 4.78 is 5.81. The highest BCUT2D eigenvalue weighted by atomic mass is 16.5. The Morgan fingerprint density at radius 3 is 2.62 bits per heavy atom. The first-order chi connectivity index (χ1) is 15.6. The molecule has 1 heterocycles. The van der Waals surface area contributed by atoms with E-state index in [4.69, 9.17) is 4.74 Å². The second kappa shape index (κ2) is 9.27. The predicted octanol–water partition coefficient (Wildman–Crippen LogP) is 5.26. The highest BCUT2D eigenvalue weighted by molar-refractivity contribution is 5.94. The van der Waals surface area contributed by atoms with Gasteiger partial charge in [-0.1, -0.05) is 25.1 Å². The molecule has 2 fully saturated rings. The van der Waals surface area contributed by atoms with E-state index in [0.717, 1.165) is 49.6 Å². The lowest BCUT2D eigenvalue weighted by Crippen LogP contribution is -2.40.